The van der Waals surface area contributed by atoms with Crippen LogP contribution < -0.4 is 0 Å². The zero-order valence-corrected chi connectivity index (χ0v) is 16.2. The maximum Gasteiger partial charge on any atom is 0.251 e. The highest BCUT2D eigenvalue weighted by Gasteiger charge is 2.27. The molecule has 2 heterocycles. The number of hydrogen-bond acceptors (Lipinski definition) is 3. The standard InChI is InChI=1S/C22H23ClN2O2/c1-14(26)22(27)25-11-8-15(9-12-25)20-19-7-6-18(23)13-17(19)5-4-16-3-2-10-24-21(16)20/h2-3,6-7,10,13-14,26H,4-5,8-9,11-12H2,1H3. The number of benzene rings is 1. The van der Waals surface area contributed by atoms with E-state index in [0.717, 1.165) is 36.4 Å². The second-order valence-electron chi connectivity index (χ2n) is 7.29. The molecular weight excluding hydrogens is 360 g/mol. The van der Waals surface area contributed by atoms with Crippen LogP contribution in [0, 0.1) is 0 Å². The fourth-order valence-electron chi connectivity index (χ4n) is 4.14. The summed E-state index contributed by atoms with van der Waals surface area (Å²) in [6, 6.07) is 10.3. The van der Waals surface area contributed by atoms with E-state index in [0.29, 0.717) is 13.1 Å². The van der Waals surface area contributed by atoms with Crippen molar-refractivity contribution in [1.29, 1.82) is 0 Å². The number of rotatable bonds is 1. The van der Waals surface area contributed by atoms with Gasteiger partial charge >= 0.3 is 0 Å². The third-order valence-corrected chi connectivity index (χ3v) is 5.75. The van der Waals surface area contributed by atoms with Crippen LogP contribution in [-0.4, -0.2) is 40.1 Å². The van der Waals surface area contributed by atoms with Crippen molar-refractivity contribution >= 4 is 23.1 Å². The molecule has 1 aromatic carbocycles. The molecule has 4 rings (SSSR count). The van der Waals surface area contributed by atoms with Gasteiger partial charge in [-0.2, -0.15) is 0 Å². The van der Waals surface area contributed by atoms with E-state index in [1.165, 1.54) is 34.8 Å². The molecule has 1 atom stereocenters. The van der Waals surface area contributed by atoms with E-state index in [1.54, 1.807) is 4.90 Å². The van der Waals surface area contributed by atoms with Crippen LogP contribution >= 0.6 is 11.6 Å². The lowest BCUT2D eigenvalue weighted by Gasteiger charge is -2.31. The average molecular weight is 383 g/mol. The molecule has 1 amide bonds. The molecule has 0 saturated carbocycles. The zero-order chi connectivity index (χ0) is 19.0. The molecule has 27 heavy (non-hydrogen) atoms. The molecule has 2 aliphatic rings. The van der Waals surface area contributed by atoms with Crippen molar-refractivity contribution < 1.29 is 9.90 Å². The minimum Gasteiger partial charge on any atom is -0.384 e. The Balaban J connectivity index is 1.78. The fourth-order valence-corrected chi connectivity index (χ4v) is 4.34. The Bertz CT molecular complexity index is 910. The van der Waals surface area contributed by atoms with Crippen molar-refractivity contribution in [2.45, 2.75) is 38.7 Å². The predicted molar refractivity (Wildman–Crippen MR) is 107 cm³/mol. The van der Waals surface area contributed by atoms with E-state index in [1.807, 2.05) is 18.3 Å². The molecule has 1 saturated heterocycles. The molecule has 0 bridgehead atoms. The molecule has 1 unspecified atom stereocenters. The smallest absolute Gasteiger partial charge is 0.251 e. The molecule has 2 aromatic rings. The van der Waals surface area contributed by atoms with Gasteiger partial charge in [0.15, 0.2) is 0 Å². The first-order chi connectivity index (χ1) is 13.0. The van der Waals surface area contributed by atoms with Gasteiger partial charge in [0.25, 0.3) is 5.91 Å². The summed E-state index contributed by atoms with van der Waals surface area (Å²) < 4.78 is 0. The van der Waals surface area contributed by atoms with E-state index in [-0.39, 0.29) is 5.91 Å². The van der Waals surface area contributed by atoms with Gasteiger partial charge in [-0.15, -0.1) is 0 Å². The first-order valence-corrected chi connectivity index (χ1v) is 9.84. The molecular formula is C22H23ClN2O2. The van der Waals surface area contributed by atoms with Gasteiger partial charge in [0.2, 0.25) is 0 Å². The SMILES string of the molecule is CC(O)C(=O)N1CCC(=C2c3ccc(Cl)cc3CCc3cccnc32)CC1. The summed E-state index contributed by atoms with van der Waals surface area (Å²) in [5.74, 6) is -0.189. The monoisotopic (exact) mass is 382 g/mol. The largest absolute Gasteiger partial charge is 0.384 e. The molecule has 0 spiro atoms. The lowest BCUT2D eigenvalue weighted by atomic mass is 9.88. The lowest BCUT2D eigenvalue weighted by molar-refractivity contribution is -0.139. The first-order valence-electron chi connectivity index (χ1n) is 9.46. The molecule has 1 aliphatic heterocycles. The van der Waals surface area contributed by atoms with Crippen molar-refractivity contribution in [3.63, 3.8) is 0 Å². The molecule has 140 valence electrons. The maximum absolute atomic E-state index is 12.1. The quantitative estimate of drug-likeness (QED) is 0.819. The molecule has 1 aliphatic carbocycles. The average Bonchev–Trinajstić information content (AvgIpc) is 2.84. The van der Waals surface area contributed by atoms with Gasteiger partial charge in [-0.1, -0.05) is 29.3 Å². The van der Waals surface area contributed by atoms with Crippen LogP contribution in [0.25, 0.3) is 5.57 Å². The summed E-state index contributed by atoms with van der Waals surface area (Å²) in [6.45, 7) is 2.79. The predicted octanol–water partition coefficient (Wildman–Crippen LogP) is 3.64. The fraction of sp³-hybridized carbons (Fsp3) is 0.364. The van der Waals surface area contributed by atoms with Crippen LogP contribution in [0.1, 0.15) is 42.1 Å². The van der Waals surface area contributed by atoms with Crippen molar-refractivity contribution in [1.82, 2.24) is 9.88 Å². The Morgan fingerprint density at radius 3 is 2.63 bits per heavy atom. The molecule has 1 aromatic heterocycles. The minimum atomic E-state index is -0.942. The maximum atomic E-state index is 12.1. The highest BCUT2D eigenvalue weighted by atomic mass is 35.5. The number of aromatic nitrogens is 1. The summed E-state index contributed by atoms with van der Waals surface area (Å²) >= 11 is 6.26. The lowest BCUT2D eigenvalue weighted by Crippen LogP contribution is -2.41. The van der Waals surface area contributed by atoms with Crippen LogP contribution in [0.4, 0.5) is 0 Å². The summed E-state index contributed by atoms with van der Waals surface area (Å²) in [5.41, 5.74) is 7.32. The van der Waals surface area contributed by atoms with Crippen molar-refractivity contribution in [2.24, 2.45) is 0 Å². The summed E-state index contributed by atoms with van der Waals surface area (Å²) in [4.78, 5) is 18.6. The molecule has 5 heteroatoms. The van der Waals surface area contributed by atoms with Gasteiger partial charge < -0.3 is 10.0 Å². The number of amides is 1. The first kappa shape index (κ1) is 18.2. The van der Waals surface area contributed by atoms with E-state index < -0.39 is 6.10 Å². The highest BCUT2D eigenvalue weighted by Crippen LogP contribution is 2.38. The van der Waals surface area contributed by atoms with Crippen LogP contribution in [0.5, 0.6) is 0 Å². The van der Waals surface area contributed by atoms with E-state index in [9.17, 15) is 9.90 Å². The van der Waals surface area contributed by atoms with Crippen LogP contribution in [-0.2, 0) is 17.6 Å². The van der Waals surface area contributed by atoms with Crippen LogP contribution in [0.3, 0.4) is 0 Å². The van der Waals surface area contributed by atoms with Crippen LogP contribution in [0.2, 0.25) is 5.02 Å². The van der Waals surface area contributed by atoms with E-state index in [4.69, 9.17) is 16.6 Å². The van der Waals surface area contributed by atoms with Gasteiger partial charge in [0.1, 0.15) is 6.10 Å². The van der Waals surface area contributed by atoms with Crippen molar-refractivity contribution in [3.05, 3.63) is 69.5 Å². The Hall–Kier alpha value is -2.17. The number of fused-ring (bicyclic) bond motifs is 2. The Morgan fingerprint density at radius 1 is 1.15 bits per heavy atom. The van der Waals surface area contributed by atoms with Crippen molar-refractivity contribution in [3.8, 4) is 0 Å². The second kappa shape index (κ2) is 7.45. The number of nitrogens with zero attached hydrogens (tertiary/aromatic N) is 2. The number of pyridine rings is 1. The Morgan fingerprint density at radius 2 is 1.89 bits per heavy atom. The minimum absolute atomic E-state index is 0.189. The number of carbonyl (C=O) groups excluding carboxylic acids is 1. The normalized spacial score (nSPS) is 17.8. The zero-order valence-electron chi connectivity index (χ0n) is 15.4. The number of hydrogen-bond donors (Lipinski definition) is 1. The number of halogens is 1. The third-order valence-electron chi connectivity index (χ3n) is 5.52. The van der Waals surface area contributed by atoms with Gasteiger partial charge in [-0.25, -0.2) is 0 Å². The van der Waals surface area contributed by atoms with E-state index in [2.05, 4.69) is 18.2 Å². The van der Waals surface area contributed by atoms with Gasteiger partial charge in [0, 0.05) is 29.9 Å². The summed E-state index contributed by atoms with van der Waals surface area (Å²) in [6.07, 6.45) is 4.39. The number of likely N-dealkylation sites (tertiary alicyclic amines) is 1. The molecule has 1 N–H and O–H groups in total. The number of piperidine rings is 1. The number of aryl methyl sites for hydroxylation is 2. The van der Waals surface area contributed by atoms with Gasteiger partial charge in [-0.3, -0.25) is 9.78 Å². The molecule has 0 radical (unpaired) electrons. The Kier molecular flexibility index (Phi) is 5.02. The van der Waals surface area contributed by atoms with Crippen LogP contribution in [0.15, 0.2) is 42.1 Å². The molecule has 4 nitrogen and oxygen atoms in total. The Labute approximate surface area is 164 Å². The summed E-state index contributed by atoms with van der Waals surface area (Å²) in [5, 5.41) is 10.3. The third kappa shape index (κ3) is 3.52. The van der Waals surface area contributed by atoms with Gasteiger partial charge in [-0.05, 0) is 67.5 Å². The highest BCUT2D eigenvalue weighted by molar-refractivity contribution is 6.30. The number of aliphatic hydroxyl groups excluding tert-OH is 1. The number of aliphatic hydroxyl groups is 1. The van der Waals surface area contributed by atoms with Crippen molar-refractivity contribution in [2.75, 3.05) is 13.1 Å². The number of carbonyl (C=O) groups is 1. The topological polar surface area (TPSA) is 53.4 Å². The van der Waals surface area contributed by atoms with E-state index >= 15 is 0 Å². The van der Waals surface area contributed by atoms with Gasteiger partial charge in [0.05, 0.1) is 5.69 Å². The summed E-state index contributed by atoms with van der Waals surface area (Å²) in [7, 11) is 0. The molecule has 1 fully saturated rings. The second-order valence-corrected chi connectivity index (χ2v) is 7.73.